The van der Waals surface area contributed by atoms with E-state index in [-0.39, 0.29) is 5.41 Å². The molecule has 4 heterocycles. The molecule has 0 atom stereocenters. The quantitative estimate of drug-likeness (QED) is 0.186. The van der Waals surface area contributed by atoms with Gasteiger partial charge < -0.3 is 4.42 Å². The van der Waals surface area contributed by atoms with Crippen molar-refractivity contribution in [1.29, 1.82) is 0 Å². The fraction of sp³-hybridized carbons (Fsp3) is 0.0612. The number of hydrogen-bond acceptors (Lipinski definition) is 3. The van der Waals surface area contributed by atoms with Crippen LogP contribution in [0.4, 0.5) is 0 Å². The zero-order valence-electron chi connectivity index (χ0n) is 29.3. The summed E-state index contributed by atoms with van der Waals surface area (Å²) in [6.07, 6.45) is 0. The maximum atomic E-state index is 6.64. The van der Waals surface area contributed by atoms with E-state index in [0.717, 1.165) is 72.3 Å². The first-order valence-corrected chi connectivity index (χ1v) is 18.2. The lowest BCUT2D eigenvalue weighted by Crippen LogP contribution is -2.26. The Morgan fingerprint density at radius 1 is 0.491 bits per heavy atom. The fourth-order valence-corrected chi connectivity index (χ4v) is 8.57. The molecule has 1 aliphatic heterocycles. The maximum absolute atomic E-state index is 6.64. The van der Waals surface area contributed by atoms with Crippen molar-refractivity contribution in [3.8, 4) is 50.6 Å². The summed E-state index contributed by atoms with van der Waals surface area (Å²) in [5, 5.41) is 4.57. The lowest BCUT2D eigenvalue weighted by atomic mass is 9.74. The van der Waals surface area contributed by atoms with Gasteiger partial charge in [-0.1, -0.05) is 135 Å². The van der Waals surface area contributed by atoms with Gasteiger partial charge >= 0.3 is 0 Å². The molecular weight excluding hydrogens is 647 g/mol. The van der Waals surface area contributed by atoms with E-state index in [1.807, 2.05) is 6.07 Å². The van der Waals surface area contributed by atoms with E-state index < -0.39 is 0 Å². The van der Waals surface area contributed by atoms with Crippen LogP contribution in [0.2, 0.25) is 0 Å². The van der Waals surface area contributed by atoms with Crippen LogP contribution >= 0.6 is 0 Å². The van der Waals surface area contributed by atoms with Crippen molar-refractivity contribution >= 4 is 43.9 Å². The van der Waals surface area contributed by atoms with Gasteiger partial charge in [0.2, 0.25) is 5.71 Å². The highest BCUT2D eigenvalue weighted by Crippen LogP contribution is 2.50. The van der Waals surface area contributed by atoms with Gasteiger partial charge in [0.05, 0.1) is 27.8 Å². The Hall–Kier alpha value is -6.78. The molecule has 250 valence electrons. The van der Waals surface area contributed by atoms with E-state index in [1.54, 1.807) is 0 Å². The monoisotopic (exact) mass is 679 g/mol. The molecule has 1 aliphatic rings. The van der Waals surface area contributed by atoms with E-state index in [2.05, 4.69) is 176 Å². The van der Waals surface area contributed by atoms with Crippen molar-refractivity contribution in [2.75, 3.05) is 0 Å². The second-order valence-electron chi connectivity index (χ2n) is 14.6. The highest BCUT2D eigenvalue weighted by molar-refractivity contribution is 6.21. The van der Waals surface area contributed by atoms with Crippen LogP contribution in [0, 0.1) is 0 Å². The summed E-state index contributed by atoms with van der Waals surface area (Å²) < 4.78 is 8.98. The van der Waals surface area contributed by atoms with Crippen molar-refractivity contribution in [3.63, 3.8) is 0 Å². The summed E-state index contributed by atoms with van der Waals surface area (Å²) in [5.74, 6) is 0.701. The summed E-state index contributed by atoms with van der Waals surface area (Å²) in [5.41, 5.74) is 14.8. The minimum atomic E-state index is -0.271. The first-order chi connectivity index (χ1) is 26.0. The van der Waals surface area contributed by atoms with Crippen LogP contribution in [0.5, 0.6) is 0 Å². The molecule has 11 rings (SSSR count). The number of para-hydroxylation sites is 3. The SMILES string of the molecule is CC1(C)c2cc(-c3nc(-c4cc(-c5ccccc5)cc(-c5ccccc5)c4)nc4ccccc34)ccc2-n2c3oc4ccccc4c3c3cccc1c32. The molecule has 7 aromatic carbocycles. The van der Waals surface area contributed by atoms with Gasteiger partial charge in [-0.2, -0.15) is 0 Å². The van der Waals surface area contributed by atoms with Crippen molar-refractivity contribution in [3.05, 3.63) is 175 Å². The second-order valence-corrected chi connectivity index (χ2v) is 14.6. The number of fused-ring (bicyclic) bond motifs is 8. The Labute approximate surface area is 306 Å². The Kier molecular flexibility index (Phi) is 6.27. The van der Waals surface area contributed by atoms with E-state index >= 15 is 0 Å². The van der Waals surface area contributed by atoms with E-state index in [0.29, 0.717) is 5.82 Å². The first-order valence-electron chi connectivity index (χ1n) is 18.2. The molecular formula is C49H33N3O. The number of furan rings is 1. The lowest BCUT2D eigenvalue weighted by Gasteiger charge is -2.34. The van der Waals surface area contributed by atoms with Gasteiger partial charge in [-0.3, -0.25) is 4.57 Å². The average Bonchev–Trinajstić information content (AvgIpc) is 3.75. The minimum Gasteiger partial charge on any atom is -0.439 e. The fourth-order valence-electron chi connectivity index (χ4n) is 8.57. The van der Waals surface area contributed by atoms with Crippen molar-refractivity contribution in [1.82, 2.24) is 14.5 Å². The van der Waals surface area contributed by atoms with Crippen molar-refractivity contribution < 1.29 is 4.42 Å². The molecule has 53 heavy (non-hydrogen) atoms. The smallest absolute Gasteiger partial charge is 0.213 e. The zero-order chi connectivity index (χ0) is 35.3. The number of nitrogens with zero attached hydrogens (tertiary/aromatic N) is 3. The average molecular weight is 680 g/mol. The normalized spacial score (nSPS) is 13.2. The molecule has 0 spiro atoms. The number of hydrogen-bond donors (Lipinski definition) is 0. The van der Waals surface area contributed by atoms with Crippen LogP contribution in [-0.2, 0) is 5.41 Å². The van der Waals surface area contributed by atoms with Crippen LogP contribution in [-0.4, -0.2) is 14.5 Å². The van der Waals surface area contributed by atoms with Gasteiger partial charge in [-0.15, -0.1) is 0 Å². The molecule has 4 nitrogen and oxygen atoms in total. The summed E-state index contributed by atoms with van der Waals surface area (Å²) in [6, 6.07) is 58.0. The van der Waals surface area contributed by atoms with Gasteiger partial charge in [-0.05, 0) is 75.8 Å². The van der Waals surface area contributed by atoms with E-state index in [1.165, 1.54) is 27.4 Å². The predicted molar refractivity (Wildman–Crippen MR) is 218 cm³/mol. The highest BCUT2D eigenvalue weighted by Gasteiger charge is 2.37. The third-order valence-electron chi connectivity index (χ3n) is 11.2. The van der Waals surface area contributed by atoms with Gasteiger partial charge in [0, 0.05) is 32.7 Å². The highest BCUT2D eigenvalue weighted by atomic mass is 16.3. The third-order valence-corrected chi connectivity index (χ3v) is 11.2. The standard InChI is InChI=1S/C49H33N3O/c1-49(2)39-21-13-20-38-44-37-19-10-12-23-43(37)53-48(44)52(46(38)39)42-25-24-32(29-40(42)49)45-36-18-9-11-22-41(36)50-47(51-45)35-27-33(30-14-5-3-6-15-30)26-34(28-35)31-16-7-4-8-17-31/h3-29H,1-2H3. The largest absolute Gasteiger partial charge is 0.439 e. The van der Waals surface area contributed by atoms with Crippen molar-refractivity contribution in [2.45, 2.75) is 19.3 Å². The first kappa shape index (κ1) is 29.9. The summed E-state index contributed by atoms with van der Waals surface area (Å²) >= 11 is 0. The Morgan fingerprint density at radius 2 is 1.13 bits per heavy atom. The lowest BCUT2D eigenvalue weighted by molar-refractivity contribution is 0.612. The number of benzene rings is 7. The molecule has 4 heteroatoms. The van der Waals surface area contributed by atoms with Gasteiger partial charge in [0.25, 0.3) is 0 Å². The molecule has 0 saturated heterocycles. The van der Waals surface area contributed by atoms with Gasteiger partial charge in [-0.25, -0.2) is 9.97 Å². The molecule has 0 fully saturated rings. The Balaban J connectivity index is 1.14. The van der Waals surface area contributed by atoms with Gasteiger partial charge in [0.1, 0.15) is 5.58 Å². The molecule has 0 radical (unpaired) electrons. The van der Waals surface area contributed by atoms with Crippen LogP contribution < -0.4 is 0 Å². The molecule has 0 amide bonds. The molecule has 3 aromatic heterocycles. The molecule has 0 unspecified atom stereocenters. The molecule has 0 aliphatic carbocycles. The van der Waals surface area contributed by atoms with Crippen LogP contribution in [0.3, 0.4) is 0 Å². The minimum absolute atomic E-state index is 0.271. The summed E-state index contributed by atoms with van der Waals surface area (Å²) in [7, 11) is 0. The second kappa shape index (κ2) is 11.1. The Bertz CT molecular complexity index is 3020. The Morgan fingerprint density at radius 3 is 1.89 bits per heavy atom. The van der Waals surface area contributed by atoms with Crippen LogP contribution in [0.1, 0.15) is 25.0 Å². The van der Waals surface area contributed by atoms with Gasteiger partial charge in [0.15, 0.2) is 5.82 Å². The van der Waals surface area contributed by atoms with Crippen LogP contribution in [0.15, 0.2) is 168 Å². The molecule has 10 aromatic rings. The van der Waals surface area contributed by atoms with E-state index in [4.69, 9.17) is 14.4 Å². The summed E-state index contributed by atoms with van der Waals surface area (Å²) in [6.45, 7) is 4.68. The van der Waals surface area contributed by atoms with E-state index in [9.17, 15) is 0 Å². The zero-order valence-corrected chi connectivity index (χ0v) is 29.3. The predicted octanol–water partition coefficient (Wildman–Crippen LogP) is 12.8. The topological polar surface area (TPSA) is 43.9 Å². The third kappa shape index (κ3) is 4.42. The number of rotatable bonds is 4. The molecule has 0 saturated carbocycles. The summed E-state index contributed by atoms with van der Waals surface area (Å²) in [4.78, 5) is 10.6. The molecule has 0 bridgehead atoms. The van der Waals surface area contributed by atoms with Crippen molar-refractivity contribution in [2.24, 2.45) is 0 Å². The maximum Gasteiger partial charge on any atom is 0.213 e. The number of aromatic nitrogens is 3. The molecule has 0 N–H and O–H groups in total. The van der Waals surface area contributed by atoms with Crippen LogP contribution in [0.25, 0.3) is 94.5 Å².